The van der Waals surface area contributed by atoms with E-state index in [2.05, 4.69) is 5.32 Å². The lowest BCUT2D eigenvalue weighted by Gasteiger charge is -2.34. The Morgan fingerprint density at radius 3 is 2.32 bits per heavy atom. The fourth-order valence-corrected chi connectivity index (χ4v) is 3.14. The minimum atomic E-state index is -1.34. The molecule has 0 radical (unpaired) electrons. The van der Waals surface area contributed by atoms with Crippen LogP contribution >= 0.6 is 0 Å². The van der Waals surface area contributed by atoms with Gasteiger partial charge in [0, 0.05) is 13.5 Å². The molecule has 3 rings (SSSR count). The molecule has 2 atom stereocenters. The predicted molar refractivity (Wildman–Crippen MR) is 93.5 cm³/mol. The van der Waals surface area contributed by atoms with Crippen LogP contribution in [0.3, 0.4) is 0 Å². The molecular formula is C19H22N2O4. The Bertz CT molecular complexity index is 745. The van der Waals surface area contributed by atoms with Gasteiger partial charge in [0.2, 0.25) is 0 Å². The van der Waals surface area contributed by atoms with Gasteiger partial charge in [-0.05, 0) is 41.8 Å². The van der Waals surface area contributed by atoms with Gasteiger partial charge in [-0.3, -0.25) is 4.90 Å². The third-order valence-corrected chi connectivity index (χ3v) is 4.74. The number of carbonyl (C=O) groups excluding carboxylic acids is 1. The lowest BCUT2D eigenvalue weighted by Crippen LogP contribution is -2.52. The molecule has 1 fully saturated rings. The van der Waals surface area contributed by atoms with Crippen molar-refractivity contribution < 1.29 is 19.7 Å². The highest BCUT2D eigenvalue weighted by Gasteiger charge is 2.49. The molecule has 0 saturated carbocycles. The van der Waals surface area contributed by atoms with Crippen LogP contribution in [0, 0.1) is 0 Å². The highest BCUT2D eigenvalue weighted by Crippen LogP contribution is 2.29. The van der Waals surface area contributed by atoms with Crippen molar-refractivity contribution in [1.82, 2.24) is 10.2 Å². The molecule has 0 bridgehead atoms. The van der Waals surface area contributed by atoms with Crippen molar-refractivity contribution in [1.29, 1.82) is 0 Å². The zero-order valence-corrected chi connectivity index (χ0v) is 14.3. The minimum Gasteiger partial charge on any atom is -0.508 e. The molecular weight excluding hydrogens is 320 g/mol. The molecule has 1 aliphatic heterocycles. The zero-order chi connectivity index (χ0) is 18.0. The maximum Gasteiger partial charge on any atom is 0.319 e. The summed E-state index contributed by atoms with van der Waals surface area (Å²) in [6, 6.07) is 13.4. The first kappa shape index (κ1) is 17.1. The third kappa shape index (κ3) is 3.39. The quantitative estimate of drug-likeness (QED) is 0.775. The summed E-state index contributed by atoms with van der Waals surface area (Å²) >= 11 is 0. The van der Waals surface area contributed by atoms with Gasteiger partial charge in [-0.15, -0.1) is 0 Å². The summed E-state index contributed by atoms with van der Waals surface area (Å²) < 4.78 is 5.15. The monoisotopic (exact) mass is 342 g/mol. The first-order chi connectivity index (χ1) is 11.9. The Hall–Kier alpha value is -2.73. The molecule has 1 heterocycles. The molecule has 0 aliphatic carbocycles. The Morgan fingerprint density at radius 1 is 1.12 bits per heavy atom. The van der Waals surface area contributed by atoms with Crippen LogP contribution in [0.1, 0.15) is 11.1 Å². The second-order valence-corrected chi connectivity index (χ2v) is 6.34. The van der Waals surface area contributed by atoms with Crippen molar-refractivity contribution in [3.05, 3.63) is 59.7 Å². The lowest BCUT2D eigenvalue weighted by atomic mass is 9.91. The van der Waals surface area contributed by atoms with E-state index in [1.54, 1.807) is 38.4 Å². The zero-order valence-electron chi connectivity index (χ0n) is 14.3. The molecule has 0 spiro atoms. The first-order valence-electron chi connectivity index (χ1n) is 8.10. The molecule has 2 aromatic rings. The van der Waals surface area contributed by atoms with Gasteiger partial charge in [-0.2, -0.15) is 0 Å². The normalized spacial score (nSPS) is 22.8. The fourth-order valence-electron chi connectivity index (χ4n) is 3.14. The van der Waals surface area contributed by atoms with E-state index in [0.29, 0.717) is 12.8 Å². The van der Waals surface area contributed by atoms with E-state index in [1.165, 1.54) is 4.90 Å². The van der Waals surface area contributed by atoms with Gasteiger partial charge in [0.05, 0.1) is 13.2 Å². The molecule has 1 saturated heterocycles. The third-order valence-electron chi connectivity index (χ3n) is 4.74. The molecule has 25 heavy (non-hydrogen) atoms. The first-order valence-corrected chi connectivity index (χ1v) is 8.10. The van der Waals surface area contributed by atoms with Crippen LogP contribution in [0.5, 0.6) is 11.5 Å². The van der Waals surface area contributed by atoms with Gasteiger partial charge in [-0.25, -0.2) is 4.79 Å². The Balaban J connectivity index is 1.83. The number of nitrogens with zero attached hydrogens (tertiary/aromatic N) is 1. The number of benzene rings is 2. The van der Waals surface area contributed by atoms with Gasteiger partial charge < -0.3 is 20.3 Å². The number of likely N-dealkylation sites (N-methyl/N-ethyl adjacent to an activating group) is 1. The van der Waals surface area contributed by atoms with Crippen molar-refractivity contribution in [3.63, 3.8) is 0 Å². The van der Waals surface area contributed by atoms with E-state index in [9.17, 15) is 15.0 Å². The number of methoxy groups -OCH3 is 1. The summed E-state index contributed by atoms with van der Waals surface area (Å²) in [4.78, 5) is 13.5. The molecule has 132 valence electrons. The maximum atomic E-state index is 12.1. The molecule has 2 aromatic carbocycles. The number of hydrogen-bond donors (Lipinski definition) is 3. The number of urea groups is 1. The number of amides is 2. The van der Waals surface area contributed by atoms with E-state index in [-0.39, 0.29) is 11.8 Å². The van der Waals surface area contributed by atoms with Crippen molar-refractivity contribution in [2.24, 2.45) is 0 Å². The Labute approximate surface area is 146 Å². The average Bonchev–Trinajstić information content (AvgIpc) is 2.81. The van der Waals surface area contributed by atoms with Gasteiger partial charge in [-0.1, -0.05) is 24.3 Å². The predicted octanol–water partition coefficient (Wildman–Crippen LogP) is 1.90. The number of carbonyl (C=O) groups is 1. The van der Waals surface area contributed by atoms with Crippen LogP contribution in [-0.2, 0) is 12.8 Å². The van der Waals surface area contributed by atoms with Gasteiger partial charge in [0.1, 0.15) is 11.5 Å². The number of rotatable bonds is 5. The smallest absolute Gasteiger partial charge is 0.319 e. The van der Waals surface area contributed by atoms with Gasteiger partial charge >= 0.3 is 6.03 Å². The van der Waals surface area contributed by atoms with Crippen LogP contribution in [0.25, 0.3) is 0 Å². The summed E-state index contributed by atoms with van der Waals surface area (Å²) in [6.45, 7) is 0. The minimum absolute atomic E-state index is 0.185. The molecule has 1 unspecified atom stereocenters. The number of aromatic hydroxyl groups is 1. The number of ether oxygens (including phenoxy) is 1. The van der Waals surface area contributed by atoms with Crippen molar-refractivity contribution in [2.75, 3.05) is 14.2 Å². The highest BCUT2D eigenvalue weighted by atomic mass is 16.5. The maximum absolute atomic E-state index is 12.1. The number of hydrogen-bond acceptors (Lipinski definition) is 4. The van der Waals surface area contributed by atoms with E-state index in [1.807, 2.05) is 24.3 Å². The van der Waals surface area contributed by atoms with Crippen LogP contribution in [0.4, 0.5) is 4.79 Å². The van der Waals surface area contributed by atoms with Crippen molar-refractivity contribution in [3.8, 4) is 11.5 Å². The van der Waals surface area contributed by atoms with Crippen molar-refractivity contribution in [2.45, 2.75) is 24.6 Å². The summed E-state index contributed by atoms with van der Waals surface area (Å²) in [5.74, 6) is 0.926. The summed E-state index contributed by atoms with van der Waals surface area (Å²) in [6.07, 6.45) is 0.762. The average molecular weight is 342 g/mol. The number of phenolic OH excluding ortho intramolecular Hbond substituents is 1. The second kappa shape index (κ2) is 6.64. The summed E-state index contributed by atoms with van der Waals surface area (Å²) in [5.41, 5.74) is 0.484. The Morgan fingerprint density at radius 2 is 1.72 bits per heavy atom. The largest absolute Gasteiger partial charge is 0.508 e. The fraction of sp³-hybridized carbons (Fsp3) is 0.316. The van der Waals surface area contributed by atoms with Crippen molar-refractivity contribution >= 4 is 6.03 Å². The SMILES string of the molecule is COc1ccc(CC2(O)[C@@H](Cc3ccc(O)cc3)NC(=O)N2C)cc1. The second-order valence-electron chi connectivity index (χ2n) is 6.34. The van der Waals surface area contributed by atoms with Crippen LogP contribution in [0.15, 0.2) is 48.5 Å². The molecule has 6 heteroatoms. The highest BCUT2D eigenvalue weighted by molar-refractivity contribution is 5.78. The topological polar surface area (TPSA) is 82.0 Å². The van der Waals surface area contributed by atoms with E-state index >= 15 is 0 Å². The Kier molecular flexibility index (Phi) is 4.55. The number of nitrogens with one attached hydrogen (secondary N) is 1. The van der Waals surface area contributed by atoms with E-state index in [4.69, 9.17) is 4.74 Å². The van der Waals surface area contributed by atoms with E-state index < -0.39 is 11.8 Å². The summed E-state index contributed by atoms with van der Waals surface area (Å²) in [5, 5.41) is 23.5. The van der Waals surface area contributed by atoms with Gasteiger partial charge in [0.25, 0.3) is 0 Å². The molecule has 3 N–H and O–H groups in total. The molecule has 6 nitrogen and oxygen atoms in total. The van der Waals surface area contributed by atoms with Gasteiger partial charge in [0.15, 0.2) is 5.72 Å². The summed E-state index contributed by atoms with van der Waals surface area (Å²) in [7, 11) is 3.19. The lowest BCUT2D eigenvalue weighted by molar-refractivity contribution is -0.0660. The number of aliphatic hydroxyl groups is 1. The van der Waals surface area contributed by atoms with Crippen LogP contribution < -0.4 is 10.1 Å². The van der Waals surface area contributed by atoms with E-state index in [0.717, 1.165) is 16.9 Å². The standard InChI is InChI=1S/C19H22N2O4/c1-21-18(23)20-17(11-13-3-7-15(22)8-4-13)19(21,24)12-14-5-9-16(25-2)10-6-14/h3-10,17,22,24H,11-12H2,1-2H3,(H,20,23)/t17-,19?/m1/s1. The van der Waals surface area contributed by atoms with Crippen LogP contribution in [0.2, 0.25) is 0 Å². The van der Waals surface area contributed by atoms with Crippen LogP contribution in [-0.4, -0.2) is 47.1 Å². The molecule has 0 aromatic heterocycles. The molecule has 1 aliphatic rings. The molecule has 2 amide bonds. The number of phenols is 1.